The van der Waals surface area contributed by atoms with Crippen molar-refractivity contribution >= 4 is 5.91 Å². The number of carbonyl (C=O) groups excluding carboxylic acids is 1. The lowest BCUT2D eigenvalue weighted by atomic mass is 10.1. The maximum absolute atomic E-state index is 12.1. The first-order valence-electron chi connectivity index (χ1n) is 5.90. The van der Waals surface area contributed by atoms with E-state index in [4.69, 9.17) is 4.74 Å². The van der Waals surface area contributed by atoms with E-state index < -0.39 is 0 Å². The Morgan fingerprint density at radius 2 is 2.40 bits per heavy atom. The van der Waals surface area contributed by atoms with Crippen LogP contribution in [-0.4, -0.2) is 42.3 Å². The van der Waals surface area contributed by atoms with E-state index in [2.05, 4.69) is 19.2 Å². The number of nitrogens with one attached hydrogen (secondary N) is 1. The molecule has 3 atom stereocenters. The summed E-state index contributed by atoms with van der Waals surface area (Å²) in [6.07, 6.45) is 3.13. The van der Waals surface area contributed by atoms with Crippen molar-refractivity contribution in [2.45, 2.75) is 51.4 Å². The van der Waals surface area contributed by atoms with E-state index in [9.17, 15) is 4.79 Å². The van der Waals surface area contributed by atoms with Crippen LogP contribution >= 0.6 is 0 Å². The summed E-state index contributed by atoms with van der Waals surface area (Å²) < 4.78 is 5.34. The molecule has 86 valence electrons. The van der Waals surface area contributed by atoms with Gasteiger partial charge in [0.25, 0.3) is 0 Å². The predicted octanol–water partition coefficient (Wildman–Crippen LogP) is 0.722. The Morgan fingerprint density at radius 3 is 3.00 bits per heavy atom. The van der Waals surface area contributed by atoms with Crippen LogP contribution < -0.4 is 5.32 Å². The molecule has 0 aromatic heterocycles. The van der Waals surface area contributed by atoms with Crippen LogP contribution in [0.2, 0.25) is 0 Å². The van der Waals surface area contributed by atoms with Gasteiger partial charge in [-0.2, -0.15) is 0 Å². The van der Waals surface area contributed by atoms with Gasteiger partial charge in [-0.25, -0.2) is 0 Å². The van der Waals surface area contributed by atoms with Crippen molar-refractivity contribution in [3.05, 3.63) is 0 Å². The maximum Gasteiger partial charge on any atom is 0.241 e. The molecular weight excluding hydrogens is 192 g/mol. The molecule has 2 aliphatic rings. The second kappa shape index (κ2) is 4.49. The van der Waals surface area contributed by atoms with Gasteiger partial charge in [-0.1, -0.05) is 13.3 Å². The molecule has 4 nitrogen and oxygen atoms in total. The molecule has 0 aromatic rings. The van der Waals surface area contributed by atoms with Gasteiger partial charge in [-0.15, -0.1) is 0 Å². The summed E-state index contributed by atoms with van der Waals surface area (Å²) in [5, 5.41) is 3.35. The predicted molar refractivity (Wildman–Crippen MR) is 57.4 cm³/mol. The molecule has 2 rings (SSSR count). The summed E-state index contributed by atoms with van der Waals surface area (Å²) >= 11 is 0. The lowest BCUT2D eigenvalue weighted by molar-refractivity contribution is -0.132. The van der Waals surface area contributed by atoms with Gasteiger partial charge in [0.2, 0.25) is 5.91 Å². The molecule has 0 saturated carbocycles. The van der Waals surface area contributed by atoms with Crippen LogP contribution in [0.3, 0.4) is 0 Å². The minimum Gasteiger partial charge on any atom is -0.379 e. The van der Waals surface area contributed by atoms with E-state index in [1.54, 1.807) is 0 Å². The van der Waals surface area contributed by atoms with Crippen molar-refractivity contribution in [2.75, 3.05) is 13.2 Å². The minimum atomic E-state index is 0.0330. The molecule has 0 radical (unpaired) electrons. The molecule has 1 amide bonds. The molecule has 0 bridgehead atoms. The Labute approximate surface area is 91.0 Å². The molecule has 3 unspecified atom stereocenters. The highest BCUT2D eigenvalue weighted by Gasteiger charge is 2.40. The van der Waals surface area contributed by atoms with Crippen molar-refractivity contribution in [3.8, 4) is 0 Å². The first-order valence-corrected chi connectivity index (χ1v) is 5.90. The molecule has 1 N–H and O–H groups in total. The molecular formula is C11H20N2O2. The first-order chi connectivity index (χ1) is 7.24. The average molecular weight is 212 g/mol. The fraction of sp³-hybridized carbons (Fsp3) is 0.909. The van der Waals surface area contributed by atoms with Crippen LogP contribution in [0.15, 0.2) is 0 Å². The van der Waals surface area contributed by atoms with Crippen molar-refractivity contribution in [1.29, 1.82) is 0 Å². The first kappa shape index (κ1) is 10.9. The fourth-order valence-electron chi connectivity index (χ4n) is 2.55. The molecule has 2 heterocycles. The Bertz CT molecular complexity index is 239. The monoisotopic (exact) mass is 212 g/mol. The van der Waals surface area contributed by atoms with Gasteiger partial charge < -0.3 is 9.64 Å². The van der Waals surface area contributed by atoms with Crippen molar-refractivity contribution < 1.29 is 9.53 Å². The molecule has 0 aromatic carbocycles. The van der Waals surface area contributed by atoms with Gasteiger partial charge in [-0.3, -0.25) is 10.1 Å². The Kier molecular flexibility index (Phi) is 3.26. The number of nitrogens with zero attached hydrogens (tertiary/aromatic N) is 1. The van der Waals surface area contributed by atoms with Crippen LogP contribution in [0.4, 0.5) is 0 Å². The van der Waals surface area contributed by atoms with E-state index in [1.165, 1.54) is 0 Å². The molecule has 0 aliphatic carbocycles. The quantitative estimate of drug-likeness (QED) is 0.749. The Morgan fingerprint density at radius 1 is 1.60 bits per heavy atom. The lowest BCUT2D eigenvalue weighted by Crippen LogP contribution is -2.43. The van der Waals surface area contributed by atoms with E-state index in [1.807, 2.05) is 4.90 Å². The second-order valence-electron chi connectivity index (χ2n) is 4.45. The van der Waals surface area contributed by atoms with Gasteiger partial charge in [0.05, 0.1) is 24.9 Å². The summed E-state index contributed by atoms with van der Waals surface area (Å²) in [4.78, 5) is 14.1. The standard InChI is InChI=1S/C11H20N2O2/c1-3-4-10-11(14)13(8(2)12-10)9-5-6-15-7-9/h8-10,12H,3-7H2,1-2H3. The molecule has 15 heavy (non-hydrogen) atoms. The summed E-state index contributed by atoms with van der Waals surface area (Å²) in [5.41, 5.74) is 0. The van der Waals surface area contributed by atoms with E-state index in [0.717, 1.165) is 25.9 Å². The van der Waals surface area contributed by atoms with Crippen LogP contribution in [0.5, 0.6) is 0 Å². The smallest absolute Gasteiger partial charge is 0.241 e. The number of hydrogen-bond acceptors (Lipinski definition) is 3. The summed E-state index contributed by atoms with van der Waals surface area (Å²) in [6.45, 7) is 5.67. The van der Waals surface area contributed by atoms with Crippen molar-refractivity contribution in [1.82, 2.24) is 10.2 Å². The van der Waals surface area contributed by atoms with Gasteiger partial charge in [0.15, 0.2) is 0 Å². The average Bonchev–Trinajstić information content (AvgIpc) is 2.77. The van der Waals surface area contributed by atoms with Crippen molar-refractivity contribution in [2.24, 2.45) is 0 Å². The van der Waals surface area contributed by atoms with Gasteiger partial charge in [0.1, 0.15) is 0 Å². The van der Waals surface area contributed by atoms with Gasteiger partial charge in [0, 0.05) is 6.61 Å². The lowest BCUT2D eigenvalue weighted by Gasteiger charge is -2.26. The SMILES string of the molecule is CCCC1NC(C)N(C2CCOC2)C1=O. The Hall–Kier alpha value is -0.610. The topological polar surface area (TPSA) is 41.6 Å². The number of amides is 1. The third-order valence-corrected chi connectivity index (χ3v) is 3.29. The highest BCUT2D eigenvalue weighted by atomic mass is 16.5. The number of hydrogen-bond donors (Lipinski definition) is 1. The summed E-state index contributed by atoms with van der Waals surface area (Å²) in [6, 6.07) is 0.326. The van der Waals surface area contributed by atoms with Gasteiger partial charge >= 0.3 is 0 Å². The highest BCUT2D eigenvalue weighted by molar-refractivity contribution is 5.84. The van der Waals surface area contributed by atoms with Crippen LogP contribution in [0.1, 0.15) is 33.1 Å². The third kappa shape index (κ3) is 2.01. The number of rotatable bonds is 3. The molecule has 0 spiro atoms. The van der Waals surface area contributed by atoms with Gasteiger partial charge in [-0.05, 0) is 19.8 Å². The summed E-state index contributed by atoms with van der Waals surface area (Å²) in [5.74, 6) is 0.264. The normalized spacial score (nSPS) is 36.5. The molecule has 2 fully saturated rings. The number of carbonyl (C=O) groups is 1. The fourth-order valence-corrected chi connectivity index (χ4v) is 2.55. The van der Waals surface area contributed by atoms with Crippen LogP contribution in [0.25, 0.3) is 0 Å². The highest BCUT2D eigenvalue weighted by Crippen LogP contribution is 2.22. The second-order valence-corrected chi connectivity index (χ2v) is 4.45. The zero-order chi connectivity index (χ0) is 10.8. The largest absolute Gasteiger partial charge is 0.379 e. The molecule has 2 saturated heterocycles. The molecule has 2 aliphatic heterocycles. The van der Waals surface area contributed by atoms with E-state index in [-0.39, 0.29) is 18.1 Å². The molecule has 4 heteroatoms. The van der Waals surface area contributed by atoms with Crippen molar-refractivity contribution in [3.63, 3.8) is 0 Å². The zero-order valence-corrected chi connectivity index (χ0v) is 9.53. The summed E-state index contributed by atoms with van der Waals surface area (Å²) in [7, 11) is 0. The van der Waals surface area contributed by atoms with E-state index >= 15 is 0 Å². The Balaban J connectivity index is 2.02. The minimum absolute atomic E-state index is 0.0330. The zero-order valence-electron chi connectivity index (χ0n) is 9.53. The number of ether oxygens (including phenoxy) is 1. The maximum atomic E-state index is 12.1. The van der Waals surface area contributed by atoms with Crippen LogP contribution in [0, 0.1) is 0 Å². The van der Waals surface area contributed by atoms with E-state index in [0.29, 0.717) is 12.6 Å². The van der Waals surface area contributed by atoms with Crippen LogP contribution in [-0.2, 0) is 9.53 Å². The third-order valence-electron chi connectivity index (χ3n) is 3.29.